The third kappa shape index (κ3) is 3.19. The lowest BCUT2D eigenvalue weighted by Gasteiger charge is -2.24. The molecule has 0 saturated heterocycles. The topological polar surface area (TPSA) is 60.9 Å². The van der Waals surface area contributed by atoms with Crippen molar-refractivity contribution in [3.05, 3.63) is 47.2 Å². The third-order valence-corrected chi connectivity index (χ3v) is 4.64. The molecule has 1 aromatic heterocycles. The van der Waals surface area contributed by atoms with Gasteiger partial charge >= 0.3 is 0 Å². The number of ether oxygens (including phenoxy) is 3. The summed E-state index contributed by atoms with van der Waals surface area (Å²) >= 11 is 0. The van der Waals surface area contributed by atoms with E-state index in [0.29, 0.717) is 24.5 Å². The van der Waals surface area contributed by atoms with Crippen molar-refractivity contribution < 1.29 is 19.0 Å². The van der Waals surface area contributed by atoms with Crippen molar-refractivity contribution >= 4 is 5.91 Å². The lowest BCUT2D eigenvalue weighted by Crippen LogP contribution is -2.36. The Morgan fingerprint density at radius 3 is 2.88 bits per heavy atom. The lowest BCUT2D eigenvalue weighted by atomic mass is 10.1. The van der Waals surface area contributed by atoms with Gasteiger partial charge in [0.25, 0.3) is 5.91 Å². The Kier molecular flexibility index (Phi) is 4.41. The molecule has 6 nitrogen and oxygen atoms in total. The largest absolute Gasteiger partial charge is 0.472 e. The molecular formula is C20H22N2O4. The summed E-state index contributed by atoms with van der Waals surface area (Å²) in [4.78, 5) is 19.4. The minimum absolute atomic E-state index is 0.0521. The lowest BCUT2D eigenvalue weighted by molar-refractivity contribution is 0.0685. The smallest absolute Gasteiger partial charge is 0.259 e. The molecule has 4 rings (SSSR count). The van der Waals surface area contributed by atoms with Gasteiger partial charge in [0, 0.05) is 12.2 Å². The second kappa shape index (κ2) is 6.86. The second-order valence-corrected chi connectivity index (χ2v) is 6.71. The monoisotopic (exact) mass is 354 g/mol. The van der Waals surface area contributed by atoms with Crippen molar-refractivity contribution in [3.8, 4) is 17.4 Å². The molecule has 2 aliphatic rings. The highest BCUT2D eigenvalue weighted by atomic mass is 16.7. The summed E-state index contributed by atoms with van der Waals surface area (Å²) in [7, 11) is 0. The SMILES string of the molecule is CCCC1CN(Cc2ccc3c(c2)OCO3)C(=O)c2ccc(C)nc2O1. The van der Waals surface area contributed by atoms with E-state index >= 15 is 0 Å². The number of pyridine rings is 1. The van der Waals surface area contributed by atoms with Gasteiger partial charge in [0.15, 0.2) is 11.5 Å². The number of amides is 1. The summed E-state index contributed by atoms with van der Waals surface area (Å²) in [5, 5.41) is 0. The van der Waals surface area contributed by atoms with Gasteiger partial charge in [-0.15, -0.1) is 0 Å². The van der Waals surface area contributed by atoms with Crippen molar-refractivity contribution in [1.29, 1.82) is 0 Å². The minimum atomic E-state index is -0.0616. The van der Waals surface area contributed by atoms with Crippen LogP contribution >= 0.6 is 0 Å². The number of hydrogen-bond donors (Lipinski definition) is 0. The van der Waals surface area contributed by atoms with Gasteiger partial charge in [0.2, 0.25) is 12.7 Å². The van der Waals surface area contributed by atoms with Crippen LogP contribution in [-0.4, -0.2) is 35.2 Å². The summed E-state index contributed by atoms with van der Waals surface area (Å²) in [5.74, 6) is 1.86. The first-order valence-electron chi connectivity index (χ1n) is 8.96. The molecule has 1 atom stereocenters. The Hall–Kier alpha value is -2.76. The maximum Gasteiger partial charge on any atom is 0.259 e. The summed E-state index contributed by atoms with van der Waals surface area (Å²) in [6.45, 7) is 5.29. The molecule has 0 bridgehead atoms. The van der Waals surface area contributed by atoms with Gasteiger partial charge in [-0.1, -0.05) is 19.4 Å². The first-order chi connectivity index (χ1) is 12.6. The number of benzene rings is 1. The molecule has 6 heteroatoms. The number of rotatable bonds is 4. The molecular weight excluding hydrogens is 332 g/mol. The van der Waals surface area contributed by atoms with Crippen molar-refractivity contribution in [2.75, 3.05) is 13.3 Å². The average Bonchev–Trinajstić information content (AvgIpc) is 3.04. The fourth-order valence-electron chi connectivity index (χ4n) is 3.35. The van der Waals surface area contributed by atoms with Crippen LogP contribution in [-0.2, 0) is 6.54 Å². The number of hydrogen-bond acceptors (Lipinski definition) is 5. The molecule has 0 spiro atoms. The molecule has 136 valence electrons. The minimum Gasteiger partial charge on any atom is -0.472 e. The second-order valence-electron chi connectivity index (χ2n) is 6.71. The van der Waals surface area contributed by atoms with E-state index in [0.717, 1.165) is 35.6 Å². The van der Waals surface area contributed by atoms with Crippen LogP contribution in [0.1, 0.15) is 41.4 Å². The van der Waals surface area contributed by atoms with Gasteiger partial charge in [-0.05, 0) is 43.2 Å². The third-order valence-electron chi connectivity index (χ3n) is 4.64. The van der Waals surface area contributed by atoms with Crippen LogP contribution in [0.25, 0.3) is 0 Å². The van der Waals surface area contributed by atoms with Crippen LogP contribution in [0.5, 0.6) is 17.4 Å². The zero-order valence-corrected chi connectivity index (χ0v) is 15.0. The fourth-order valence-corrected chi connectivity index (χ4v) is 3.35. The molecule has 1 unspecified atom stereocenters. The van der Waals surface area contributed by atoms with E-state index in [-0.39, 0.29) is 18.8 Å². The number of aromatic nitrogens is 1. The van der Waals surface area contributed by atoms with Crippen LogP contribution in [0.2, 0.25) is 0 Å². The van der Waals surface area contributed by atoms with Gasteiger partial charge in [-0.25, -0.2) is 4.98 Å². The molecule has 3 heterocycles. The quantitative estimate of drug-likeness (QED) is 0.843. The van der Waals surface area contributed by atoms with E-state index in [1.54, 1.807) is 6.07 Å². The molecule has 2 aromatic rings. The Balaban J connectivity index is 1.63. The van der Waals surface area contributed by atoms with E-state index in [1.807, 2.05) is 36.1 Å². The van der Waals surface area contributed by atoms with Gasteiger partial charge in [0.05, 0.1) is 6.54 Å². The van der Waals surface area contributed by atoms with Gasteiger partial charge in [-0.3, -0.25) is 4.79 Å². The normalized spacial score (nSPS) is 18.3. The number of aryl methyl sites for hydroxylation is 1. The fraction of sp³-hybridized carbons (Fsp3) is 0.400. The standard InChI is InChI=1S/C20H22N2O4/c1-3-4-15-11-22(10-14-6-8-17-18(9-14)25-12-24-17)20(23)16-7-5-13(2)21-19(16)26-15/h5-9,15H,3-4,10-12H2,1-2H3. The molecule has 26 heavy (non-hydrogen) atoms. The molecule has 0 aliphatic carbocycles. The van der Waals surface area contributed by atoms with Gasteiger partial charge < -0.3 is 19.1 Å². The average molecular weight is 354 g/mol. The van der Waals surface area contributed by atoms with Crippen LogP contribution in [0, 0.1) is 6.92 Å². The molecule has 0 N–H and O–H groups in total. The molecule has 2 aliphatic heterocycles. The van der Waals surface area contributed by atoms with E-state index in [4.69, 9.17) is 14.2 Å². The van der Waals surface area contributed by atoms with Crippen LogP contribution in [0.15, 0.2) is 30.3 Å². The van der Waals surface area contributed by atoms with Crippen molar-refractivity contribution in [1.82, 2.24) is 9.88 Å². The van der Waals surface area contributed by atoms with Crippen molar-refractivity contribution in [3.63, 3.8) is 0 Å². The predicted octanol–water partition coefficient (Wildman–Crippen LogP) is 3.32. The van der Waals surface area contributed by atoms with Crippen LogP contribution in [0.3, 0.4) is 0 Å². The highest BCUT2D eigenvalue weighted by Gasteiger charge is 2.30. The highest BCUT2D eigenvalue weighted by Crippen LogP contribution is 2.33. The number of carbonyl (C=O) groups excluding carboxylic acids is 1. The molecule has 0 saturated carbocycles. The molecule has 1 amide bonds. The molecule has 0 fully saturated rings. The number of nitrogens with zero attached hydrogens (tertiary/aromatic N) is 2. The van der Waals surface area contributed by atoms with E-state index in [2.05, 4.69) is 11.9 Å². The summed E-state index contributed by atoms with van der Waals surface area (Å²) in [6, 6.07) is 9.44. The van der Waals surface area contributed by atoms with Gasteiger partial charge in [-0.2, -0.15) is 0 Å². The Bertz CT molecular complexity index is 837. The van der Waals surface area contributed by atoms with Gasteiger partial charge in [0.1, 0.15) is 11.7 Å². The van der Waals surface area contributed by atoms with E-state index in [9.17, 15) is 4.79 Å². The number of fused-ring (bicyclic) bond motifs is 2. The zero-order chi connectivity index (χ0) is 18.1. The Labute approximate surface area is 152 Å². The van der Waals surface area contributed by atoms with Crippen LogP contribution in [0.4, 0.5) is 0 Å². The van der Waals surface area contributed by atoms with Crippen LogP contribution < -0.4 is 14.2 Å². The zero-order valence-electron chi connectivity index (χ0n) is 15.0. The molecule has 0 radical (unpaired) electrons. The first kappa shape index (κ1) is 16.7. The first-order valence-corrected chi connectivity index (χ1v) is 8.96. The van der Waals surface area contributed by atoms with E-state index < -0.39 is 0 Å². The Morgan fingerprint density at radius 2 is 2.04 bits per heavy atom. The number of carbonyl (C=O) groups is 1. The maximum atomic E-state index is 13.1. The Morgan fingerprint density at radius 1 is 1.19 bits per heavy atom. The highest BCUT2D eigenvalue weighted by molar-refractivity contribution is 5.96. The summed E-state index contributed by atoms with van der Waals surface area (Å²) in [5.41, 5.74) is 2.37. The summed E-state index contributed by atoms with van der Waals surface area (Å²) in [6.07, 6.45) is 1.80. The maximum absolute atomic E-state index is 13.1. The van der Waals surface area contributed by atoms with E-state index in [1.165, 1.54) is 0 Å². The summed E-state index contributed by atoms with van der Waals surface area (Å²) < 4.78 is 16.9. The van der Waals surface area contributed by atoms with Crippen molar-refractivity contribution in [2.24, 2.45) is 0 Å². The predicted molar refractivity (Wildman–Crippen MR) is 95.6 cm³/mol. The van der Waals surface area contributed by atoms with Crippen molar-refractivity contribution in [2.45, 2.75) is 39.3 Å². The molecule has 1 aromatic carbocycles.